The predicted octanol–water partition coefficient (Wildman–Crippen LogP) is 3.13. The molecule has 0 atom stereocenters. The molecule has 86 valence electrons. The van der Waals surface area contributed by atoms with E-state index in [2.05, 4.69) is 15.9 Å². The number of hydrogen-bond donors (Lipinski definition) is 0. The van der Waals surface area contributed by atoms with E-state index in [4.69, 9.17) is 0 Å². The first-order valence-electron chi connectivity index (χ1n) is 5.34. The number of halogens is 2. The lowest BCUT2D eigenvalue weighted by Crippen LogP contribution is -2.28. The minimum Gasteiger partial charge on any atom is -0.339 e. The molecule has 0 aromatic heterocycles. The maximum Gasteiger partial charge on any atom is 0.256 e. The summed E-state index contributed by atoms with van der Waals surface area (Å²) in [6, 6.07) is 2.97. The van der Waals surface area contributed by atoms with E-state index in [9.17, 15) is 9.18 Å². The molecule has 0 aliphatic carbocycles. The Labute approximate surface area is 103 Å². The van der Waals surface area contributed by atoms with Gasteiger partial charge in [0.15, 0.2) is 0 Å². The topological polar surface area (TPSA) is 20.3 Å². The van der Waals surface area contributed by atoms with Crippen molar-refractivity contribution in [3.05, 3.63) is 33.5 Å². The lowest BCUT2D eigenvalue weighted by Gasteiger charge is -2.16. The zero-order valence-corrected chi connectivity index (χ0v) is 10.7. The van der Waals surface area contributed by atoms with E-state index < -0.39 is 5.82 Å². The molecule has 16 heavy (non-hydrogen) atoms. The first-order valence-corrected chi connectivity index (χ1v) is 6.14. The van der Waals surface area contributed by atoms with Crippen LogP contribution in [0.5, 0.6) is 0 Å². The summed E-state index contributed by atoms with van der Waals surface area (Å²) in [5.74, 6) is -0.631. The molecule has 0 radical (unpaired) electrons. The van der Waals surface area contributed by atoms with Crippen molar-refractivity contribution in [3.8, 4) is 0 Å². The fourth-order valence-corrected chi connectivity index (χ4v) is 2.24. The van der Waals surface area contributed by atoms with Gasteiger partial charge in [0.1, 0.15) is 5.82 Å². The Kier molecular flexibility index (Phi) is 3.28. The van der Waals surface area contributed by atoms with Gasteiger partial charge in [-0.25, -0.2) is 4.39 Å². The van der Waals surface area contributed by atoms with Crippen LogP contribution in [0.4, 0.5) is 4.39 Å². The van der Waals surface area contributed by atoms with Crippen molar-refractivity contribution in [2.45, 2.75) is 19.8 Å². The number of rotatable bonds is 1. The van der Waals surface area contributed by atoms with Gasteiger partial charge >= 0.3 is 0 Å². The Balaban J connectivity index is 2.32. The molecule has 0 unspecified atom stereocenters. The van der Waals surface area contributed by atoms with E-state index >= 15 is 0 Å². The summed E-state index contributed by atoms with van der Waals surface area (Å²) in [6.45, 7) is 3.28. The van der Waals surface area contributed by atoms with Crippen molar-refractivity contribution in [2.75, 3.05) is 13.1 Å². The monoisotopic (exact) mass is 285 g/mol. The molecule has 1 aromatic rings. The zero-order chi connectivity index (χ0) is 11.7. The third-order valence-corrected chi connectivity index (χ3v) is 3.73. The number of hydrogen-bond acceptors (Lipinski definition) is 1. The summed E-state index contributed by atoms with van der Waals surface area (Å²) in [7, 11) is 0. The van der Waals surface area contributed by atoms with E-state index in [-0.39, 0.29) is 11.5 Å². The third-order valence-electron chi connectivity index (χ3n) is 2.87. The number of likely N-dealkylation sites (tertiary alicyclic amines) is 1. The first-order chi connectivity index (χ1) is 7.59. The molecule has 2 rings (SSSR count). The van der Waals surface area contributed by atoms with Crippen LogP contribution in [0, 0.1) is 12.7 Å². The second kappa shape index (κ2) is 4.53. The summed E-state index contributed by atoms with van der Waals surface area (Å²) < 4.78 is 14.4. The van der Waals surface area contributed by atoms with Crippen molar-refractivity contribution in [1.82, 2.24) is 4.90 Å². The molecule has 1 heterocycles. The van der Waals surface area contributed by atoms with Crippen LogP contribution in [-0.4, -0.2) is 23.9 Å². The molecule has 0 saturated carbocycles. The standard InChI is InChI=1S/C12H13BrFNO/c1-8-6-11(14)9(7-10(8)13)12(16)15-4-2-3-5-15/h6-7H,2-5H2,1H3. The van der Waals surface area contributed by atoms with E-state index in [1.807, 2.05) is 0 Å². The van der Waals surface area contributed by atoms with Crippen molar-refractivity contribution >= 4 is 21.8 Å². The van der Waals surface area contributed by atoms with Gasteiger partial charge in [0, 0.05) is 17.6 Å². The van der Waals surface area contributed by atoms with Gasteiger partial charge in [0.25, 0.3) is 5.91 Å². The molecule has 0 N–H and O–H groups in total. The summed E-state index contributed by atoms with van der Waals surface area (Å²) in [5.41, 5.74) is 0.967. The normalized spacial score (nSPS) is 15.6. The molecular weight excluding hydrogens is 273 g/mol. The summed E-state index contributed by atoms with van der Waals surface area (Å²) in [6.07, 6.45) is 2.03. The smallest absolute Gasteiger partial charge is 0.256 e. The minimum absolute atomic E-state index is 0.166. The highest BCUT2D eigenvalue weighted by atomic mass is 79.9. The highest BCUT2D eigenvalue weighted by molar-refractivity contribution is 9.10. The van der Waals surface area contributed by atoms with Crippen molar-refractivity contribution in [1.29, 1.82) is 0 Å². The summed E-state index contributed by atoms with van der Waals surface area (Å²) in [4.78, 5) is 13.7. The van der Waals surface area contributed by atoms with Gasteiger partial charge in [0.2, 0.25) is 0 Å². The number of carbonyl (C=O) groups is 1. The van der Waals surface area contributed by atoms with Crippen LogP contribution in [0.15, 0.2) is 16.6 Å². The van der Waals surface area contributed by atoms with Gasteiger partial charge in [-0.2, -0.15) is 0 Å². The van der Waals surface area contributed by atoms with Gasteiger partial charge in [-0.05, 0) is 37.5 Å². The van der Waals surface area contributed by atoms with Crippen LogP contribution in [0.2, 0.25) is 0 Å². The lowest BCUT2D eigenvalue weighted by atomic mass is 10.1. The van der Waals surface area contributed by atoms with Crippen LogP contribution in [0.25, 0.3) is 0 Å². The molecular formula is C12H13BrFNO. The number of benzene rings is 1. The van der Waals surface area contributed by atoms with Crippen molar-refractivity contribution < 1.29 is 9.18 Å². The maximum absolute atomic E-state index is 13.7. The Morgan fingerprint density at radius 1 is 1.38 bits per heavy atom. The van der Waals surface area contributed by atoms with Gasteiger partial charge < -0.3 is 4.90 Å². The number of aryl methyl sites for hydroxylation is 1. The second-order valence-corrected chi connectivity index (χ2v) is 4.93. The molecule has 1 fully saturated rings. The molecule has 0 spiro atoms. The molecule has 1 aliphatic heterocycles. The predicted molar refractivity (Wildman–Crippen MR) is 64.0 cm³/mol. The molecule has 1 saturated heterocycles. The number of carbonyl (C=O) groups excluding carboxylic acids is 1. The zero-order valence-electron chi connectivity index (χ0n) is 9.09. The average molecular weight is 286 g/mol. The van der Waals surface area contributed by atoms with Gasteiger partial charge in [-0.1, -0.05) is 15.9 Å². The minimum atomic E-state index is -0.433. The summed E-state index contributed by atoms with van der Waals surface area (Å²) in [5, 5.41) is 0. The maximum atomic E-state index is 13.7. The largest absolute Gasteiger partial charge is 0.339 e. The van der Waals surface area contributed by atoms with Crippen LogP contribution >= 0.6 is 15.9 Å². The lowest BCUT2D eigenvalue weighted by molar-refractivity contribution is 0.0788. The number of amides is 1. The summed E-state index contributed by atoms with van der Waals surface area (Å²) >= 11 is 3.32. The van der Waals surface area contributed by atoms with Crippen molar-refractivity contribution in [3.63, 3.8) is 0 Å². The van der Waals surface area contributed by atoms with Crippen LogP contribution in [-0.2, 0) is 0 Å². The highest BCUT2D eigenvalue weighted by Crippen LogP contribution is 2.23. The second-order valence-electron chi connectivity index (χ2n) is 4.08. The molecule has 1 aliphatic rings. The Bertz CT molecular complexity index is 427. The van der Waals surface area contributed by atoms with Gasteiger partial charge in [-0.3, -0.25) is 4.79 Å². The Morgan fingerprint density at radius 2 is 2.00 bits per heavy atom. The molecule has 1 amide bonds. The van der Waals surface area contributed by atoms with Gasteiger partial charge in [0.05, 0.1) is 5.56 Å². The van der Waals surface area contributed by atoms with E-state index in [0.29, 0.717) is 0 Å². The van der Waals surface area contributed by atoms with Crippen LogP contribution in [0.3, 0.4) is 0 Å². The molecule has 1 aromatic carbocycles. The fraction of sp³-hybridized carbons (Fsp3) is 0.417. The van der Waals surface area contributed by atoms with Crippen LogP contribution in [0.1, 0.15) is 28.8 Å². The third kappa shape index (κ3) is 2.12. The Hall–Kier alpha value is -0.900. The van der Waals surface area contributed by atoms with E-state index in [1.165, 1.54) is 6.07 Å². The fourth-order valence-electron chi connectivity index (χ4n) is 1.90. The van der Waals surface area contributed by atoms with E-state index in [0.717, 1.165) is 36.0 Å². The van der Waals surface area contributed by atoms with Crippen molar-refractivity contribution in [2.24, 2.45) is 0 Å². The number of nitrogens with zero attached hydrogens (tertiary/aromatic N) is 1. The quantitative estimate of drug-likeness (QED) is 0.776. The SMILES string of the molecule is Cc1cc(F)c(C(=O)N2CCCC2)cc1Br. The van der Waals surface area contributed by atoms with Gasteiger partial charge in [-0.15, -0.1) is 0 Å². The average Bonchev–Trinajstić information content (AvgIpc) is 2.75. The Morgan fingerprint density at radius 3 is 2.62 bits per heavy atom. The first kappa shape index (κ1) is 11.6. The van der Waals surface area contributed by atoms with Crippen LogP contribution < -0.4 is 0 Å². The molecule has 0 bridgehead atoms. The molecule has 4 heteroatoms. The van der Waals surface area contributed by atoms with E-state index in [1.54, 1.807) is 17.9 Å². The highest BCUT2D eigenvalue weighted by Gasteiger charge is 2.22. The molecule has 2 nitrogen and oxygen atoms in total.